The first-order valence-electron chi connectivity index (χ1n) is 16.7. The summed E-state index contributed by atoms with van der Waals surface area (Å²) >= 11 is 0. The van der Waals surface area contributed by atoms with Gasteiger partial charge in [-0.1, -0.05) is 65.8 Å². The normalized spacial score (nSPS) is 35.1. The van der Waals surface area contributed by atoms with Crippen LogP contribution in [0.1, 0.15) is 92.9 Å². The highest BCUT2D eigenvalue weighted by Gasteiger charge is 2.53. The van der Waals surface area contributed by atoms with E-state index in [1.165, 1.54) is 0 Å². The third-order valence-electron chi connectivity index (χ3n) is 11.0. The Bertz CT molecular complexity index is 938. The van der Waals surface area contributed by atoms with Crippen LogP contribution < -0.4 is 0 Å². The molecule has 4 N–H and O–H groups in total. The zero-order valence-electron chi connectivity index (χ0n) is 29.4. The van der Waals surface area contributed by atoms with Gasteiger partial charge in [0.2, 0.25) is 0 Å². The van der Waals surface area contributed by atoms with Crippen molar-refractivity contribution in [3.05, 3.63) is 24.3 Å². The first-order chi connectivity index (χ1) is 20.1. The summed E-state index contributed by atoms with van der Waals surface area (Å²) in [7, 11) is -3.68. The fourth-order valence-corrected chi connectivity index (χ4v) is 8.35. The molecular formula is C34H64O8Si2. The molecule has 256 valence electrons. The van der Waals surface area contributed by atoms with Crippen LogP contribution in [-0.2, 0) is 18.3 Å². The van der Waals surface area contributed by atoms with Gasteiger partial charge >= 0.3 is 0 Å². The van der Waals surface area contributed by atoms with Crippen LogP contribution in [0.5, 0.6) is 0 Å². The summed E-state index contributed by atoms with van der Waals surface area (Å²) in [5.41, 5.74) is -1.83. The highest BCUT2D eigenvalue weighted by molar-refractivity contribution is 6.74. The third-order valence-corrected chi connectivity index (χ3v) is 20.0. The summed E-state index contributed by atoms with van der Waals surface area (Å²) in [6, 6.07) is 0. The van der Waals surface area contributed by atoms with Crippen LogP contribution in [0.4, 0.5) is 0 Å². The van der Waals surface area contributed by atoms with Gasteiger partial charge in [-0.15, -0.1) is 0 Å². The van der Waals surface area contributed by atoms with E-state index in [9.17, 15) is 10.2 Å². The lowest BCUT2D eigenvalue weighted by atomic mass is 9.87. The fourth-order valence-electron chi connectivity index (χ4n) is 6.27. The summed E-state index contributed by atoms with van der Waals surface area (Å²) < 4.78 is 25.4. The second kappa shape index (κ2) is 13.6. The second-order valence-electron chi connectivity index (χ2n) is 17.0. The van der Waals surface area contributed by atoms with Crippen molar-refractivity contribution < 1.29 is 38.8 Å². The van der Waals surface area contributed by atoms with Crippen LogP contribution in [0.25, 0.3) is 0 Å². The van der Waals surface area contributed by atoms with Crippen LogP contribution in [0, 0.1) is 0 Å². The van der Waals surface area contributed by atoms with Crippen molar-refractivity contribution in [3.8, 4) is 0 Å². The van der Waals surface area contributed by atoms with Gasteiger partial charge in [-0.25, -0.2) is 0 Å². The van der Waals surface area contributed by atoms with Gasteiger partial charge in [-0.3, -0.25) is 0 Å². The Morgan fingerprint density at radius 1 is 0.614 bits per heavy atom. The van der Waals surface area contributed by atoms with E-state index in [0.717, 1.165) is 12.8 Å². The van der Waals surface area contributed by atoms with Gasteiger partial charge in [0, 0.05) is 38.9 Å². The number of ether oxygens (including phenoxy) is 2. The van der Waals surface area contributed by atoms with Gasteiger partial charge in [0.15, 0.2) is 16.6 Å². The van der Waals surface area contributed by atoms with Gasteiger partial charge in [-0.05, 0) is 61.9 Å². The highest BCUT2D eigenvalue weighted by Crippen LogP contribution is 2.48. The second-order valence-corrected chi connectivity index (χ2v) is 26.6. The largest absolute Gasteiger partial charge is 0.414 e. The van der Waals surface area contributed by atoms with Crippen molar-refractivity contribution in [3.63, 3.8) is 0 Å². The minimum atomic E-state index is -1.84. The van der Waals surface area contributed by atoms with E-state index in [1.54, 1.807) is 0 Å². The van der Waals surface area contributed by atoms with Crippen molar-refractivity contribution in [1.82, 2.24) is 0 Å². The Labute approximate surface area is 269 Å². The van der Waals surface area contributed by atoms with Gasteiger partial charge in [0.25, 0.3) is 0 Å². The first-order valence-corrected chi connectivity index (χ1v) is 22.6. The molecule has 0 aromatic rings. The summed E-state index contributed by atoms with van der Waals surface area (Å²) in [4.78, 5) is 0. The van der Waals surface area contributed by atoms with Crippen molar-refractivity contribution in [2.24, 2.45) is 0 Å². The van der Waals surface area contributed by atoms with Crippen LogP contribution >= 0.6 is 0 Å². The molecule has 10 heteroatoms. The molecule has 4 aliphatic heterocycles. The van der Waals surface area contributed by atoms with Crippen LogP contribution in [-0.4, -0.2) is 98.1 Å². The van der Waals surface area contributed by atoms with Gasteiger partial charge in [-0.2, -0.15) is 0 Å². The number of aliphatic hydroxyl groups is 4. The zero-order valence-corrected chi connectivity index (χ0v) is 31.4. The minimum Gasteiger partial charge on any atom is -0.414 e. The summed E-state index contributed by atoms with van der Waals surface area (Å²) in [5, 5.41) is 39.1. The lowest BCUT2D eigenvalue weighted by Crippen LogP contribution is -2.52. The maximum Gasteiger partial charge on any atom is 0.192 e. The van der Waals surface area contributed by atoms with Gasteiger partial charge in [0.1, 0.15) is 11.2 Å². The average Bonchev–Trinajstić information content (AvgIpc) is 3.33. The van der Waals surface area contributed by atoms with Crippen molar-refractivity contribution in [2.75, 3.05) is 26.4 Å². The molecule has 2 fully saturated rings. The molecule has 0 unspecified atom stereocenters. The monoisotopic (exact) mass is 656 g/mol. The van der Waals surface area contributed by atoms with Crippen LogP contribution in [0.3, 0.4) is 0 Å². The molecular weight excluding hydrogens is 593 g/mol. The van der Waals surface area contributed by atoms with Crippen molar-refractivity contribution >= 4 is 16.6 Å². The summed E-state index contributed by atoms with van der Waals surface area (Å²) in [6.07, 6.45) is 12.9. The molecule has 0 aromatic carbocycles. The molecule has 0 aromatic heterocycles. The number of aliphatic hydroxyl groups excluding tert-OH is 4. The number of hydrogen-bond donors (Lipinski definition) is 4. The molecule has 0 radical (unpaired) electrons. The Morgan fingerprint density at radius 2 is 0.909 bits per heavy atom. The Hall–Kier alpha value is -0.406. The first kappa shape index (κ1) is 38.0. The fraction of sp³-hybridized carbons (Fsp3) is 0.882. The maximum absolute atomic E-state index is 10.3. The molecule has 6 atom stereocenters. The molecule has 44 heavy (non-hydrogen) atoms. The summed E-state index contributed by atoms with van der Waals surface area (Å²) in [5.74, 6) is 0. The number of fused-ring (bicyclic) bond motifs is 4. The van der Waals surface area contributed by atoms with Crippen LogP contribution in [0.15, 0.2) is 24.3 Å². The number of hydrogen-bond acceptors (Lipinski definition) is 8. The molecule has 0 amide bonds. The Morgan fingerprint density at radius 3 is 1.20 bits per heavy atom. The van der Waals surface area contributed by atoms with E-state index < -0.39 is 39.0 Å². The van der Waals surface area contributed by atoms with E-state index in [0.29, 0.717) is 51.7 Å². The van der Waals surface area contributed by atoms with E-state index in [-0.39, 0.29) is 35.5 Å². The Balaban J connectivity index is 0.000000240. The van der Waals surface area contributed by atoms with Crippen molar-refractivity contribution in [2.45, 2.75) is 164 Å². The molecule has 4 bridgehead atoms. The molecule has 4 rings (SSSR count). The van der Waals surface area contributed by atoms with E-state index in [4.69, 9.17) is 28.5 Å². The highest BCUT2D eigenvalue weighted by atomic mass is 28.4. The smallest absolute Gasteiger partial charge is 0.192 e. The lowest BCUT2D eigenvalue weighted by molar-refractivity contribution is -0.175. The molecule has 2 saturated heterocycles. The molecule has 0 aliphatic carbocycles. The Kier molecular flexibility index (Phi) is 11.8. The zero-order chi connectivity index (χ0) is 33.3. The third kappa shape index (κ3) is 8.93. The van der Waals surface area contributed by atoms with E-state index >= 15 is 0 Å². The molecule has 4 aliphatic rings. The van der Waals surface area contributed by atoms with Gasteiger partial charge < -0.3 is 38.8 Å². The quantitative estimate of drug-likeness (QED) is 0.149. The standard InChI is InChI=1S/2C17H32O4Si/c2*1-15(2,3)22(4,5)20-13-17-9-8-16(21-17,7-6-10-18)11-14(19)12-17/h2*8-9,14,18-19H,6-7,10-13H2,1-5H3/t2*14-,16+,17-/m10/s1. The maximum atomic E-state index is 10.3. The SMILES string of the molecule is CC(C)(C)[Si](C)(C)OC[C@@]12C=C[C@@](CCCO)(C[C@@H](O)C1)O2.CC(C)(C)[Si](C)(C)OC[C@]12C=C[C@](CCCO)(C[C@H](O)C1)O2. The number of rotatable bonds is 12. The van der Waals surface area contributed by atoms with Crippen LogP contribution in [0.2, 0.25) is 36.3 Å². The van der Waals surface area contributed by atoms with E-state index in [2.05, 4.69) is 92.0 Å². The molecule has 0 spiro atoms. The van der Waals surface area contributed by atoms with Crippen molar-refractivity contribution in [1.29, 1.82) is 0 Å². The van der Waals surface area contributed by atoms with E-state index in [1.807, 2.05) is 0 Å². The predicted molar refractivity (Wildman–Crippen MR) is 181 cm³/mol. The predicted octanol–water partition coefficient (Wildman–Crippen LogP) is 6.00. The lowest BCUT2D eigenvalue weighted by Gasteiger charge is -2.45. The minimum absolute atomic E-state index is 0.155. The molecule has 4 heterocycles. The topological polar surface area (TPSA) is 118 Å². The molecule has 0 saturated carbocycles. The summed E-state index contributed by atoms with van der Waals surface area (Å²) in [6.45, 7) is 23.6. The average molecular weight is 657 g/mol. The molecule has 8 nitrogen and oxygen atoms in total. The van der Waals surface area contributed by atoms with Gasteiger partial charge in [0.05, 0.1) is 36.6 Å².